The van der Waals surface area contributed by atoms with E-state index in [1.165, 1.54) is 5.56 Å². The number of hydrogen-bond donors (Lipinski definition) is 1. The molecule has 3 rings (SSSR count). The van der Waals surface area contributed by atoms with Crippen LogP contribution in [0.2, 0.25) is 0 Å². The summed E-state index contributed by atoms with van der Waals surface area (Å²) in [7, 11) is 0. The van der Waals surface area contributed by atoms with Crippen molar-refractivity contribution in [2.75, 3.05) is 5.32 Å². The molecule has 1 heterocycles. The summed E-state index contributed by atoms with van der Waals surface area (Å²) in [5.74, 6) is -0.281. The van der Waals surface area contributed by atoms with E-state index in [1.54, 1.807) is 19.1 Å². The van der Waals surface area contributed by atoms with Crippen LogP contribution >= 0.6 is 0 Å². The summed E-state index contributed by atoms with van der Waals surface area (Å²) >= 11 is 0. The maximum absolute atomic E-state index is 12.7. The lowest BCUT2D eigenvalue weighted by atomic mass is 9.89. The number of ether oxygens (including phenoxy) is 1. The van der Waals surface area contributed by atoms with Crippen molar-refractivity contribution in [3.63, 3.8) is 0 Å². The Kier molecular flexibility index (Phi) is 4.62. The van der Waals surface area contributed by atoms with Crippen molar-refractivity contribution in [2.24, 2.45) is 0 Å². The third-order valence-electron chi connectivity index (χ3n) is 4.91. The number of esters is 1. The minimum atomic E-state index is -1.21. The lowest BCUT2D eigenvalue weighted by molar-refractivity contribution is -0.134. The van der Waals surface area contributed by atoms with Gasteiger partial charge in [0.05, 0.1) is 5.56 Å². The van der Waals surface area contributed by atoms with Gasteiger partial charge in [0.2, 0.25) is 0 Å². The summed E-state index contributed by atoms with van der Waals surface area (Å²) in [5.41, 5.74) is 2.10. The van der Waals surface area contributed by atoms with Crippen molar-refractivity contribution in [3.8, 4) is 0 Å². The number of rotatable bonds is 4. The molecule has 4 heteroatoms. The van der Waals surface area contributed by atoms with Crippen molar-refractivity contribution in [2.45, 2.75) is 45.1 Å². The smallest absolute Gasteiger partial charge is 0.339 e. The van der Waals surface area contributed by atoms with Crippen molar-refractivity contribution in [1.82, 2.24) is 0 Å². The van der Waals surface area contributed by atoms with Crippen LogP contribution in [0.4, 0.5) is 5.69 Å². The third kappa shape index (κ3) is 3.43. The van der Waals surface area contributed by atoms with Gasteiger partial charge < -0.3 is 10.1 Å². The highest BCUT2D eigenvalue weighted by Gasteiger charge is 2.42. The van der Waals surface area contributed by atoms with Crippen LogP contribution < -0.4 is 5.32 Å². The minimum absolute atomic E-state index is 0.313. The number of cyclic esters (lactones) is 1. The van der Waals surface area contributed by atoms with Crippen LogP contribution in [0.3, 0.4) is 0 Å². The standard InChI is InChI=1S/C21H23NO3/c1-4-14(2)15-9-11-17(12-10-15)22-20(24)21(3)13-16-7-5-6-8-18(16)19(23)25-21/h5-12,14H,4,13H2,1-3H3,(H,22,24)/t14-,21-/m0/s1. The molecule has 0 saturated heterocycles. The zero-order chi connectivity index (χ0) is 18.0. The monoisotopic (exact) mass is 337 g/mol. The predicted molar refractivity (Wildman–Crippen MR) is 97.7 cm³/mol. The second-order valence-corrected chi connectivity index (χ2v) is 6.84. The number of carbonyl (C=O) groups excluding carboxylic acids is 2. The first-order valence-corrected chi connectivity index (χ1v) is 8.65. The molecular weight excluding hydrogens is 314 g/mol. The fraction of sp³-hybridized carbons (Fsp3) is 0.333. The molecule has 0 aliphatic carbocycles. The third-order valence-corrected chi connectivity index (χ3v) is 4.91. The zero-order valence-electron chi connectivity index (χ0n) is 14.8. The first kappa shape index (κ1) is 17.2. The number of anilines is 1. The number of fused-ring (bicyclic) bond motifs is 1. The molecule has 0 saturated carbocycles. The Morgan fingerprint density at radius 3 is 2.56 bits per heavy atom. The number of hydrogen-bond acceptors (Lipinski definition) is 3. The van der Waals surface area contributed by atoms with E-state index in [0.717, 1.165) is 12.0 Å². The molecule has 1 aliphatic heterocycles. The number of carbonyl (C=O) groups is 2. The average Bonchev–Trinajstić information content (AvgIpc) is 2.61. The van der Waals surface area contributed by atoms with Gasteiger partial charge in [0.15, 0.2) is 5.60 Å². The lowest BCUT2D eigenvalue weighted by Crippen LogP contribution is -2.48. The second-order valence-electron chi connectivity index (χ2n) is 6.84. The van der Waals surface area contributed by atoms with Crippen LogP contribution in [0.1, 0.15) is 54.6 Å². The molecule has 0 unspecified atom stereocenters. The van der Waals surface area contributed by atoms with Gasteiger partial charge in [-0.05, 0) is 48.6 Å². The van der Waals surface area contributed by atoms with Crippen LogP contribution in [0.5, 0.6) is 0 Å². The van der Waals surface area contributed by atoms with Crippen molar-refractivity contribution < 1.29 is 14.3 Å². The fourth-order valence-electron chi connectivity index (χ4n) is 3.05. The van der Waals surface area contributed by atoms with Crippen molar-refractivity contribution in [1.29, 1.82) is 0 Å². The topological polar surface area (TPSA) is 55.4 Å². The van der Waals surface area contributed by atoms with Crippen LogP contribution in [0.25, 0.3) is 0 Å². The van der Waals surface area contributed by atoms with E-state index in [-0.39, 0.29) is 5.91 Å². The van der Waals surface area contributed by atoms with Gasteiger partial charge >= 0.3 is 5.97 Å². The molecule has 2 aromatic carbocycles. The van der Waals surface area contributed by atoms with Gasteiger partial charge in [-0.15, -0.1) is 0 Å². The molecule has 0 spiro atoms. The molecule has 0 radical (unpaired) electrons. The van der Waals surface area contributed by atoms with Crippen LogP contribution in [-0.4, -0.2) is 17.5 Å². The number of amides is 1. The molecule has 2 aromatic rings. The summed E-state index contributed by atoms with van der Waals surface area (Å²) < 4.78 is 5.46. The highest BCUT2D eigenvalue weighted by Crippen LogP contribution is 2.29. The minimum Gasteiger partial charge on any atom is -0.445 e. The zero-order valence-corrected chi connectivity index (χ0v) is 14.8. The fourth-order valence-corrected chi connectivity index (χ4v) is 3.05. The van der Waals surface area contributed by atoms with Crippen molar-refractivity contribution >= 4 is 17.6 Å². The summed E-state index contributed by atoms with van der Waals surface area (Å²) in [5, 5.41) is 2.87. The van der Waals surface area contributed by atoms with Crippen LogP contribution in [-0.2, 0) is 16.0 Å². The van der Waals surface area contributed by atoms with Crippen LogP contribution in [0, 0.1) is 0 Å². The van der Waals surface area contributed by atoms with Crippen LogP contribution in [0.15, 0.2) is 48.5 Å². The van der Waals surface area contributed by atoms with Gasteiger partial charge in [0.1, 0.15) is 0 Å². The van der Waals surface area contributed by atoms with Gasteiger partial charge in [-0.1, -0.05) is 44.2 Å². The van der Waals surface area contributed by atoms with E-state index in [9.17, 15) is 9.59 Å². The Labute approximate surface area is 148 Å². The largest absolute Gasteiger partial charge is 0.445 e. The molecule has 1 aliphatic rings. The first-order valence-electron chi connectivity index (χ1n) is 8.65. The van der Waals surface area contributed by atoms with E-state index in [1.807, 2.05) is 36.4 Å². The molecule has 1 N–H and O–H groups in total. The maximum atomic E-state index is 12.7. The highest BCUT2D eigenvalue weighted by molar-refractivity contribution is 6.02. The maximum Gasteiger partial charge on any atom is 0.339 e. The molecule has 25 heavy (non-hydrogen) atoms. The highest BCUT2D eigenvalue weighted by atomic mass is 16.6. The van der Waals surface area contributed by atoms with Gasteiger partial charge in [-0.2, -0.15) is 0 Å². The summed E-state index contributed by atoms with van der Waals surface area (Å²) in [6.45, 7) is 5.98. The van der Waals surface area contributed by atoms with E-state index in [0.29, 0.717) is 23.6 Å². The Balaban J connectivity index is 1.76. The molecule has 2 atom stereocenters. The Morgan fingerprint density at radius 2 is 1.88 bits per heavy atom. The molecular formula is C21H23NO3. The number of nitrogens with one attached hydrogen (secondary N) is 1. The lowest BCUT2D eigenvalue weighted by Gasteiger charge is -2.33. The molecule has 4 nitrogen and oxygen atoms in total. The molecule has 130 valence electrons. The first-order chi connectivity index (χ1) is 11.9. The Hall–Kier alpha value is -2.62. The summed E-state index contributed by atoms with van der Waals surface area (Å²) in [6.07, 6.45) is 1.44. The Morgan fingerprint density at radius 1 is 1.20 bits per heavy atom. The van der Waals surface area contributed by atoms with E-state index in [2.05, 4.69) is 19.2 Å². The normalized spacial score (nSPS) is 20.4. The average molecular weight is 337 g/mol. The predicted octanol–water partition coefficient (Wildman–Crippen LogP) is 4.31. The van der Waals surface area contributed by atoms with Crippen molar-refractivity contribution in [3.05, 3.63) is 65.2 Å². The quantitative estimate of drug-likeness (QED) is 0.846. The summed E-state index contributed by atoms with van der Waals surface area (Å²) in [6, 6.07) is 15.1. The second kappa shape index (κ2) is 6.71. The van der Waals surface area contributed by atoms with E-state index in [4.69, 9.17) is 4.74 Å². The van der Waals surface area contributed by atoms with E-state index >= 15 is 0 Å². The van der Waals surface area contributed by atoms with Gasteiger partial charge in [0, 0.05) is 12.1 Å². The molecule has 0 aromatic heterocycles. The Bertz CT molecular complexity index is 797. The van der Waals surface area contributed by atoms with Gasteiger partial charge in [-0.25, -0.2) is 4.79 Å². The summed E-state index contributed by atoms with van der Waals surface area (Å²) in [4.78, 5) is 24.9. The molecule has 0 bridgehead atoms. The SMILES string of the molecule is CC[C@H](C)c1ccc(NC(=O)[C@]2(C)Cc3ccccc3C(=O)O2)cc1. The van der Waals surface area contributed by atoms with Gasteiger partial charge in [0.25, 0.3) is 5.91 Å². The molecule has 1 amide bonds. The van der Waals surface area contributed by atoms with E-state index < -0.39 is 11.6 Å². The van der Waals surface area contributed by atoms with Gasteiger partial charge in [-0.3, -0.25) is 4.79 Å². The number of benzene rings is 2. The molecule has 0 fully saturated rings.